The van der Waals surface area contributed by atoms with Crippen LogP contribution in [-0.2, 0) is 11.2 Å². The minimum atomic E-state index is -0.857. The normalized spacial score (nSPS) is 12.2. The Labute approximate surface area is 126 Å². The predicted molar refractivity (Wildman–Crippen MR) is 81.9 cm³/mol. The molecule has 2 aromatic rings. The summed E-state index contributed by atoms with van der Waals surface area (Å²) in [7, 11) is 0. The Kier molecular flexibility index (Phi) is 4.55. The van der Waals surface area contributed by atoms with Gasteiger partial charge in [-0.3, -0.25) is 9.78 Å². The molecular formula is C16H16BrNO2. The molecular weight excluding hydrogens is 318 g/mol. The molecule has 2 rings (SSSR count). The van der Waals surface area contributed by atoms with Gasteiger partial charge in [0.25, 0.3) is 0 Å². The monoisotopic (exact) mass is 333 g/mol. The van der Waals surface area contributed by atoms with Crippen LogP contribution in [0.4, 0.5) is 0 Å². The third-order valence-electron chi connectivity index (χ3n) is 3.30. The van der Waals surface area contributed by atoms with E-state index in [0.717, 1.165) is 21.2 Å². The van der Waals surface area contributed by atoms with Crippen molar-refractivity contribution < 1.29 is 9.90 Å². The molecule has 0 aliphatic carbocycles. The van der Waals surface area contributed by atoms with Gasteiger partial charge in [0.05, 0.1) is 5.69 Å². The highest BCUT2D eigenvalue weighted by Gasteiger charge is 2.24. The summed E-state index contributed by atoms with van der Waals surface area (Å²) in [5, 5.41) is 9.50. The fourth-order valence-electron chi connectivity index (χ4n) is 2.06. The predicted octanol–water partition coefficient (Wildman–Crippen LogP) is 3.87. The Bertz CT molecular complexity index is 623. The zero-order valence-electron chi connectivity index (χ0n) is 11.4. The Morgan fingerprint density at radius 2 is 1.90 bits per heavy atom. The minimum Gasteiger partial charge on any atom is -0.481 e. The summed E-state index contributed by atoms with van der Waals surface area (Å²) in [5.41, 5.74) is 3.73. The number of aryl methyl sites for hydroxylation is 2. The number of rotatable bonds is 4. The van der Waals surface area contributed by atoms with Crippen molar-refractivity contribution in [1.82, 2.24) is 4.98 Å². The van der Waals surface area contributed by atoms with Crippen molar-refractivity contribution >= 4 is 21.9 Å². The van der Waals surface area contributed by atoms with Gasteiger partial charge in [0.1, 0.15) is 5.92 Å². The second-order valence-corrected chi connectivity index (χ2v) is 5.70. The Balaban J connectivity index is 2.34. The molecule has 0 fully saturated rings. The van der Waals surface area contributed by atoms with Crippen LogP contribution in [0.25, 0.3) is 0 Å². The lowest BCUT2D eigenvalue weighted by molar-refractivity contribution is -0.138. The molecule has 0 aliphatic heterocycles. The van der Waals surface area contributed by atoms with E-state index in [-0.39, 0.29) is 0 Å². The van der Waals surface area contributed by atoms with Crippen molar-refractivity contribution in [2.45, 2.75) is 26.2 Å². The first kappa shape index (κ1) is 14.7. The highest BCUT2D eigenvalue weighted by Crippen LogP contribution is 2.28. The molecule has 1 heterocycles. The molecule has 1 unspecified atom stereocenters. The number of benzene rings is 1. The summed E-state index contributed by atoms with van der Waals surface area (Å²) in [6.07, 6.45) is 2.09. The van der Waals surface area contributed by atoms with Crippen molar-refractivity contribution in [3.8, 4) is 0 Å². The van der Waals surface area contributed by atoms with Crippen LogP contribution < -0.4 is 0 Å². The van der Waals surface area contributed by atoms with Gasteiger partial charge in [-0.15, -0.1) is 0 Å². The van der Waals surface area contributed by atoms with E-state index in [4.69, 9.17) is 0 Å². The highest BCUT2D eigenvalue weighted by molar-refractivity contribution is 9.10. The number of halogens is 1. The Hall–Kier alpha value is -1.68. The number of carboxylic acids is 1. The van der Waals surface area contributed by atoms with Gasteiger partial charge in [-0.25, -0.2) is 0 Å². The molecule has 0 spiro atoms. The van der Waals surface area contributed by atoms with E-state index in [2.05, 4.69) is 20.9 Å². The molecule has 1 aromatic carbocycles. The molecule has 0 radical (unpaired) electrons. The zero-order chi connectivity index (χ0) is 14.7. The van der Waals surface area contributed by atoms with E-state index >= 15 is 0 Å². The molecule has 1 atom stereocenters. The number of hydrogen-bond acceptors (Lipinski definition) is 2. The molecule has 4 heteroatoms. The minimum absolute atomic E-state index is 0.435. The van der Waals surface area contributed by atoms with E-state index in [9.17, 15) is 9.90 Å². The van der Waals surface area contributed by atoms with Crippen molar-refractivity contribution in [1.29, 1.82) is 0 Å². The molecule has 20 heavy (non-hydrogen) atoms. The summed E-state index contributed by atoms with van der Waals surface area (Å²) < 4.78 is 0.777. The lowest BCUT2D eigenvalue weighted by Gasteiger charge is -2.15. The van der Waals surface area contributed by atoms with Gasteiger partial charge in [0.2, 0.25) is 0 Å². The van der Waals surface area contributed by atoms with Crippen LogP contribution in [0.3, 0.4) is 0 Å². The van der Waals surface area contributed by atoms with Gasteiger partial charge >= 0.3 is 5.97 Å². The van der Waals surface area contributed by atoms with Crippen LogP contribution in [0.5, 0.6) is 0 Å². The molecule has 3 nitrogen and oxygen atoms in total. The van der Waals surface area contributed by atoms with E-state index in [1.54, 1.807) is 6.20 Å². The maximum absolute atomic E-state index is 11.6. The summed E-state index contributed by atoms with van der Waals surface area (Å²) in [6, 6.07) is 9.78. The lowest BCUT2D eigenvalue weighted by Crippen LogP contribution is -2.16. The van der Waals surface area contributed by atoms with Crippen molar-refractivity contribution in [3.05, 3.63) is 63.4 Å². The molecule has 1 N–H and O–H groups in total. The van der Waals surface area contributed by atoms with Crippen molar-refractivity contribution in [3.63, 3.8) is 0 Å². The first-order valence-electron chi connectivity index (χ1n) is 6.38. The van der Waals surface area contributed by atoms with E-state index in [1.165, 1.54) is 0 Å². The fraction of sp³-hybridized carbons (Fsp3) is 0.250. The van der Waals surface area contributed by atoms with Gasteiger partial charge in [-0.1, -0.05) is 29.8 Å². The number of aliphatic carboxylic acids is 1. The van der Waals surface area contributed by atoms with Gasteiger partial charge in [0, 0.05) is 10.7 Å². The van der Waals surface area contributed by atoms with Gasteiger partial charge in [0.15, 0.2) is 0 Å². The fourth-order valence-corrected chi connectivity index (χ4v) is 2.58. The van der Waals surface area contributed by atoms with Crippen molar-refractivity contribution in [2.75, 3.05) is 0 Å². The summed E-state index contributed by atoms with van der Waals surface area (Å²) in [4.78, 5) is 15.8. The van der Waals surface area contributed by atoms with Gasteiger partial charge in [-0.2, -0.15) is 0 Å². The largest absolute Gasteiger partial charge is 0.481 e. The zero-order valence-corrected chi connectivity index (χ0v) is 13.0. The highest BCUT2D eigenvalue weighted by atomic mass is 79.9. The molecule has 1 aromatic heterocycles. The second-order valence-electron chi connectivity index (χ2n) is 4.91. The summed E-state index contributed by atoms with van der Waals surface area (Å²) in [6.45, 7) is 3.94. The third-order valence-corrected chi connectivity index (χ3v) is 4.33. The first-order chi connectivity index (χ1) is 9.49. The number of hydrogen-bond donors (Lipinski definition) is 1. The number of carboxylic acid groups (broad SMARTS) is 1. The quantitative estimate of drug-likeness (QED) is 0.923. The average molecular weight is 334 g/mol. The Morgan fingerprint density at radius 3 is 2.50 bits per heavy atom. The number of aromatic nitrogens is 1. The SMILES string of the molecule is Cc1ccc(CC(C(=O)O)c2nccc(C)c2Br)cc1. The average Bonchev–Trinajstić information content (AvgIpc) is 2.41. The summed E-state index contributed by atoms with van der Waals surface area (Å²) >= 11 is 3.45. The number of nitrogens with zero attached hydrogens (tertiary/aromatic N) is 1. The van der Waals surface area contributed by atoms with Crippen LogP contribution in [0, 0.1) is 13.8 Å². The molecule has 104 valence electrons. The van der Waals surface area contributed by atoms with Crippen LogP contribution in [0.2, 0.25) is 0 Å². The van der Waals surface area contributed by atoms with E-state index < -0.39 is 11.9 Å². The van der Waals surface area contributed by atoms with Crippen LogP contribution in [-0.4, -0.2) is 16.1 Å². The molecule has 0 saturated heterocycles. The first-order valence-corrected chi connectivity index (χ1v) is 7.17. The number of carbonyl (C=O) groups is 1. The topological polar surface area (TPSA) is 50.2 Å². The number of pyridine rings is 1. The molecule has 0 bridgehead atoms. The van der Waals surface area contributed by atoms with E-state index in [0.29, 0.717) is 12.1 Å². The van der Waals surface area contributed by atoms with Crippen LogP contribution >= 0.6 is 15.9 Å². The maximum Gasteiger partial charge on any atom is 0.312 e. The second kappa shape index (κ2) is 6.18. The van der Waals surface area contributed by atoms with Crippen LogP contribution in [0.15, 0.2) is 41.0 Å². The van der Waals surface area contributed by atoms with E-state index in [1.807, 2.05) is 44.2 Å². The molecule has 0 aliphatic rings. The summed E-state index contributed by atoms with van der Waals surface area (Å²) in [5.74, 6) is -1.50. The lowest BCUT2D eigenvalue weighted by atomic mass is 9.94. The van der Waals surface area contributed by atoms with Gasteiger partial charge < -0.3 is 5.11 Å². The molecule has 0 amide bonds. The smallest absolute Gasteiger partial charge is 0.312 e. The standard InChI is InChI=1S/C16H16BrNO2/c1-10-3-5-12(6-4-10)9-13(16(19)20)15-14(17)11(2)7-8-18-15/h3-8,13H,9H2,1-2H3,(H,19,20). The van der Waals surface area contributed by atoms with Crippen LogP contribution in [0.1, 0.15) is 28.3 Å². The third kappa shape index (κ3) is 3.25. The molecule has 0 saturated carbocycles. The Morgan fingerprint density at radius 1 is 1.25 bits per heavy atom. The maximum atomic E-state index is 11.6. The van der Waals surface area contributed by atoms with Crippen molar-refractivity contribution in [2.24, 2.45) is 0 Å². The van der Waals surface area contributed by atoms with Gasteiger partial charge in [-0.05, 0) is 53.4 Å².